The van der Waals surface area contributed by atoms with Crippen molar-refractivity contribution in [1.29, 1.82) is 0 Å². The summed E-state index contributed by atoms with van der Waals surface area (Å²) in [4.78, 5) is 28.4. The van der Waals surface area contributed by atoms with Crippen LogP contribution in [0, 0.1) is 0 Å². The van der Waals surface area contributed by atoms with Crippen LogP contribution in [0.3, 0.4) is 0 Å². The molecule has 1 unspecified atom stereocenters. The Hall–Kier alpha value is -1.84. The van der Waals surface area contributed by atoms with E-state index in [-0.39, 0.29) is 43.7 Å². The highest BCUT2D eigenvalue weighted by atomic mass is 35.5. The molecule has 1 aromatic rings. The van der Waals surface area contributed by atoms with Gasteiger partial charge in [-0.25, -0.2) is 0 Å². The number of carbonyl (C=O) groups excluding carboxylic acids is 2. The van der Waals surface area contributed by atoms with Crippen LogP contribution < -0.4 is 5.32 Å². The Labute approximate surface area is 190 Å². The van der Waals surface area contributed by atoms with Crippen molar-refractivity contribution in [3.8, 4) is 0 Å². The Balaban J connectivity index is 1.30. The summed E-state index contributed by atoms with van der Waals surface area (Å²) in [5.74, 6) is -0.407. The molecule has 1 saturated heterocycles. The lowest BCUT2D eigenvalue weighted by molar-refractivity contribution is -0.171. The Kier molecular flexibility index (Phi) is 6.44. The fourth-order valence-corrected chi connectivity index (χ4v) is 4.79. The predicted octanol–water partition coefficient (Wildman–Crippen LogP) is 2.74. The second-order valence-corrected chi connectivity index (χ2v) is 9.45. The quantitative estimate of drug-likeness (QED) is 0.690. The summed E-state index contributed by atoms with van der Waals surface area (Å²) in [5.41, 5.74) is 0.377. The van der Waals surface area contributed by atoms with E-state index in [2.05, 4.69) is 5.32 Å². The first-order valence-corrected chi connectivity index (χ1v) is 11.2. The lowest BCUT2D eigenvalue weighted by atomic mass is 9.84. The number of nitrogens with one attached hydrogen (secondary N) is 1. The van der Waals surface area contributed by atoms with Gasteiger partial charge in [-0.3, -0.25) is 14.5 Å². The number of amides is 2. The first kappa shape index (κ1) is 23.3. The van der Waals surface area contributed by atoms with Crippen LogP contribution in [-0.4, -0.2) is 79.3 Å². The first-order chi connectivity index (χ1) is 15.1. The summed E-state index contributed by atoms with van der Waals surface area (Å²) >= 11 is 6.08. The number of hydrogen-bond acceptors (Lipinski definition) is 4. The van der Waals surface area contributed by atoms with Crippen LogP contribution in [0.15, 0.2) is 24.3 Å². The van der Waals surface area contributed by atoms with Crippen molar-refractivity contribution in [2.75, 3.05) is 33.4 Å². The van der Waals surface area contributed by atoms with Gasteiger partial charge in [-0.05, 0) is 43.4 Å². The van der Waals surface area contributed by atoms with E-state index in [0.717, 1.165) is 23.3 Å². The van der Waals surface area contributed by atoms with Crippen LogP contribution in [0.25, 0.3) is 0 Å². The molecule has 1 heterocycles. The lowest BCUT2D eigenvalue weighted by Crippen LogP contribution is -2.61. The van der Waals surface area contributed by atoms with E-state index < -0.39 is 24.2 Å². The van der Waals surface area contributed by atoms with Gasteiger partial charge in [-0.2, -0.15) is 13.2 Å². The summed E-state index contributed by atoms with van der Waals surface area (Å²) in [6.07, 6.45) is -1.68. The van der Waals surface area contributed by atoms with Gasteiger partial charge < -0.3 is 15.0 Å². The minimum atomic E-state index is -4.37. The molecule has 6 nitrogen and oxygen atoms in total. The third kappa shape index (κ3) is 4.89. The van der Waals surface area contributed by atoms with Crippen molar-refractivity contribution < 1.29 is 27.5 Å². The number of nitrogens with zero attached hydrogens (tertiary/aromatic N) is 2. The van der Waals surface area contributed by atoms with Crippen LogP contribution in [0.2, 0.25) is 5.02 Å². The minimum absolute atomic E-state index is 0.0331. The Morgan fingerprint density at radius 3 is 2.66 bits per heavy atom. The van der Waals surface area contributed by atoms with Crippen molar-refractivity contribution in [2.45, 2.75) is 55.4 Å². The monoisotopic (exact) mass is 473 g/mol. The largest absolute Gasteiger partial charge is 0.401 e. The Morgan fingerprint density at radius 1 is 1.31 bits per heavy atom. The Morgan fingerprint density at radius 2 is 2.03 bits per heavy atom. The summed E-state index contributed by atoms with van der Waals surface area (Å²) in [7, 11) is 1.61. The number of hydrogen-bond donors (Lipinski definition) is 1. The molecule has 0 bridgehead atoms. The molecule has 0 aromatic heterocycles. The van der Waals surface area contributed by atoms with E-state index in [1.54, 1.807) is 13.1 Å². The lowest BCUT2D eigenvalue weighted by Gasteiger charge is -2.44. The standard InChI is InChI=1S/C22H27ClF3N3O3/c1-28(19(30)18-12-32-8-7-29(18)13-22(24,25)26)17-10-16(11-17)27-20(31)21(5-6-21)14-3-2-4-15(23)9-14/h2-4,9,16-18H,5-8,10-13H2,1H3,(H,27,31). The van der Waals surface area contributed by atoms with Gasteiger partial charge in [0.25, 0.3) is 0 Å². The van der Waals surface area contributed by atoms with E-state index in [4.69, 9.17) is 16.3 Å². The number of carbonyl (C=O) groups is 2. The van der Waals surface area contributed by atoms with Gasteiger partial charge in [0.2, 0.25) is 11.8 Å². The molecule has 3 aliphatic rings. The van der Waals surface area contributed by atoms with Crippen molar-refractivity contribution in [3.63, 3.8) is 0 Å². The van der Waals surface area contributed by atoms with Crippen molar-refractivity contribution in [1.82, 2.24) is 15.1 Å². The average Bonchev–Trinajstić information content (AvgIpc) is 3.50. The normalized spacial score (nSPS) is 27.3. The van der Waals surface area contributed by atoms with Crippen LogP contribution in [0.5, 0.6) is 0 Å². The summed E-state index contributed by atoms with van der Waals surface area (Å²) in [5, 5.41) is 3.67. The van der Waals surface area contributed by atoms with E-state index in [1.165, 1.54) is 4.90 Å². The van der Waals surface area contributed by atoms with Gasteiger partial charge in [-0.15, -0.1) is 0 Å². The molecular formula is C22H27ClF3N3O3. The second kappa shape index (κ2) is 8.83. The molecule has 1 aromatic carbocycles. The molecule has 176 valence electrons. The molecule has 1 N–H and O–H groups in total. The van der Waals surface area contributed by atoms with Gasteiger partial charge in [0.05, 0.1) is 25.2 Å². The van der Waals surface area contributed by atoms with Crippen LogP contribution in [0.4, 0.5) is 13.2 Å². The first-order valence-electron chi connectivity index (χ1n) is 10.8. The highest BCUT2D eigenvalue weighted by Crippen LogP contribution is 2.49. The third-order valence-corrected chi connectivity index (χ3v) is 7.05. The molecule has 1 atom stereocenters. The summed E-state index contributed by atoms with van der Waals surface area (Å²) in [6.45, 7) is -0.933. The maximum Gasteiger partial charge on any atom is 0.401 e. The fourth-order valence-electron chi connectivity index (χ4n) is 4.60. The van der Waals surface area contributed by atoms with Gasteiger partial charge in [0.15, 0.2) is 0 Å². The molecule has 2 amide bonds. The molecule has 2 aliphatic carbocycles. The molecule has 32 heavy (non-hydrogen) atoms. The molecular weight excluding hydrogens is 447 g/mol. The SMILES string of the molecule is CN(C(=O)C1COCCN1CC(F)(F)F)C1CC(NC(=O)C2(c3cccc(Cl)c3)CC2)C1. The molecule has 2 saturated carbocycles. The van der Waals surface area contributed by atoms with E-state index in [1.807, 2.05) is 18.2 Å². The van der Waals surface area contributed by atoms with Gasteiger partial charge in [-0.1, -0.05) is 23.7 Å². The molecule has 0 radical (unpaired) electrons. The van der Waals surface area contributed by atoms with E-state index >= 15 is 0 Å². The molecule has 0 spiro atoms. The second-order valence-electron chi connectivity index (χ2n) is 9.01. The average molecular weight is 474 g/mol. The van der Waals surface area contributed by atoms with Crippen molar-refractivity contribution in [2.24, 2.45) is 0 Å². The third-order valence-electron chi connectivity index (χ3n) is 6.81. The molecule has 4 rings (SSSR count). The number of rotatable bonds is 6. The Bertz CT molecular complexity index is 871. The van der Waals surface area contributed by atoms with Gasteiger partial charge >= 0.3 is 6.18 Å². The van der Waals surface area contributed by atoms with E-state index in [9.17, 15) is 22.8 Å². The number of likely N-dealkylation sites (N-methyl/N-ethyl adjacent to an activating group) is 1. The number of alkyl halides is 3. The summed E-state index contributed by atoms with van der Waals surface area (Å²) < 4.78 is 43.9. The number of morpholine rings is 1. The highest BCUT2D eigenvalue weighted by Gasteiger charge is 2.52. The zero-order valence-electron chi connectivity index (χ0n) is 17.8. The van der Waals surface area contributed by atoms with Crippen LogP contribution >= 0.6 is 11.6 Å². The predicted molar refractivity (Wildman–Crippen MR) is 112 cm³/mol. The zero-order valence-corrected chi connectivity index (χ0v) is 18.6. The topological polar surface area (TPSA) is 61.9 Å². The zero-order chi connectivity index (χ0) is 23.1. The minimum Gasteiger partial charge on any atom is -0.378 e. The van der Waals surface area contributed by atoms with Crippen molar-refractivity contribution >= 4 is 23.4 Å². The van der Waals surface area contributed by atoms with Gasteiger partial charge in [0.1, 0.15) is 6.04 Å². The van der Waals surface area contributed by atoms with Crippen LogP contribution in [-0.2, 0) is 19.7 Å². The highest BCUT2D eigenvalue weighted by molar-refractivity contribution is 6.30. The van der Waals surface area contributed by atoms with Crippen LogP contribution in [0.1, 0.15) is 31.2 Å². The maximum atomic E-state index is 12.9. The van der Waals surface area contributed by atoms with Gasteiger partial charge in [0, 0.05) is 30.7 Å². The summed E-state index contributed by atoms with van der Waals surface area (Å²) in [6, 6.07) is 6.22. The molecule has 1 aliphatic heterocycles. The molecule has 10 heteroatoms. The number of benzene rings is 1. The maximum absolute atomic E-state index is 12.9. The fraction of sp³-hybridized carbons (Fsp3) is 0.636. The molecule has 3 fully saturated rings. The smallest absolute Gasteiger partial charge is 0.378 e. The van der Waals surface area contributed by atoms with Crippen molar-refractivity contribution in [3.05, 3.63) is 34.9 Å². The number of halogens is 4. The number of ether oxygens (including phenoxy) is 1. The van der Waals surface area contributed by atoms with E-state index in [0.29, 0.717) is 17.9 Å².